The van der Waals surface area contributed by atoms with Crippen molar-refractivity contribution in [3.63, 3.8) is 0 Å². The van der Waals surface area contributed by atoms with Gasteiger partial charge in [0, 0.05) is 29.2 Å². The molecule has 0 N–H and O–H groups in total. The third-order valence-electron chi connectivity index (χ3n) is 3.38. The minimum atomic E-state index is 0.491. The van der Waals surface area contributed by atoms with Gasteiger partial charge in [0.25, 0.3) is 0 Å². The third-order valence-corrected chi connectivity index (χ3v) is 5.04. The van der Waals surface area contributed by atoms with Crippen LogP contribution in [0.2, 0.25) is 5.15 Å². The minimum Gasteiger partial charge on any atom is -0.352 e. The number of anilines is 1. The summed E-state index contributed by atoms with van der Waals surface area (Å²) in [7, 11) is 0. The van der Waals surface area contributed by atoms with Crippen LogP contribution in [0.1, 0.15) is 26.3 Å². The summed E-state index contributed by atoms with van der Waals surface area (Å²) < 4.78 is 0. The fourth-order valence-electron chi connectivity index (χ4n) is 2.17. The predicted molar refractivity (Wildman–Crippen MR) is 75.1 cm³/mol. The number of hydrogen-bond acceptors (Lipinski definition) is 4. The third kappa shape index (κ3) is 2.52. The lowest BCUT2D eigenvalue weighted by molar-refractivity contribution is 0.616. The van der Waals surface area contributed by atoms with Gasteiger partial charge in [0.2, 0.25) is 0 Å². The predicted octanol–water partition coefficient (Wildman–Crippen LogP) is 3.02. The Kier molecular flexibility index (Phi) is 4.15. The molecule has 2 unspecified atom stereocenters. The highest BCUT2D eigenvalue weighted by Gasteiger charge is 2.28. The summed E-state index contributed by atoms with van der Waals surface area (Å²) >= 11 is 8.17. The summed E-state index contributed by atoms with van der Waals surface area (Å²) in [4.78, 5) is 10.9. The van der Waals surface area contributed by atoms with Crippen LogP contribution in [0.15, 0.2) is 6.33 Å². The van der Waals surface area contributed by atoms with E-state index < -0.39 is 0 Å². The first-order chi connectivity index (χ1) is 8.15. The van der Waals surface area contributed by atoms with Crippen LogP contribution in [0, 0.1) is 0 Å². The SMILES string of the molecule is CCc1c(Cl)ncnc1N1CCSC(C)C1C. The molecule has 0 saturated carbocycles. The summed E-state index contributed by atoms with van der Waals surface area (Å²) in [5, 5.41) is 1.22. The zero-order chi connectivity index (χ0) is 12.4. The Hall–Kier alpha value is -0.480. The van der Waals surface area contributed by atoms with E-state index in [-0.39, 0.29) is 0 Å². The smallest absolute Gasteiger partial charge is 0.137 e. The average Bonchev–Trinajstić information content (AvgIpc) is 2.32. The van der Waals surface area contributed by atoms with E-state index in [1.807, 2.05) is 11.8 Å². The van der Waals surface area contributed by atoms with Gasteiger partial charge in [-0.05, 0) is 13.3 Å². The Bertz CT molecular complexity index is 399. The number of halogens is 1. The fourth-order valence-corrected chi connectivity index (χ4v) is 3.53. The molecule has 1 aromatic rings. The largest absolute Gasteiger partial charge is 0.352 e. The Morgan fingerprint density at radius 3 is 2.94 bits per heavy atom. The van der Waals surface area contributed by atoms with E-state index in [9.17, 15) is 0 Å². The van der Waals surface area contributed by atoms with Crippen molar-refractivity contribution >= 4 is 29.2 Å². The maximum absolute atomic E-state index is 6.15. The molecule has 0 amide bonds. The molecule has 1 saturated heterocycles. The topological polar surface area (TPSA) is 29.0 Å². The number of nitrogens with zero attached hydrogens (tertiary/aromatic N) is 3. The molecule has 0 bridgehead atoms. The van der Waals surface area contributed by atoms with Crippen LogP contribution in [0.4, 0.5) is 5.82 Å². The van der Waals surface area contributed by atoms with Crippen molar-refractivity contribution < 1.29 is 0 Å². The molecule has 1 aliphatic heterocycles. The van der Waals surface area contributed by atoms with Crippen LogP contribution in [0.5, 0.6) is 0 Å². The minimum absolute atomic E-state index is 0.491. The molecule has 3 nitrogen and oxygen atoms in total. The lowest BCUT2D eigenvalue weighted by atomic mass is 10.1. The van der Waals surface area contributed by atoms with Gasteiger partial charge < -0.3 is 4.90 Å². The zero-order valence-electron chi connectivity index (χ0n) is 10.5. The molecular formula is C12H18ClN3S. The summed E-state index contributed by atoms with van der Waals surface area (Å²) in [6.07, 6.45) is 2.44. The first-order valence-electron chi connectivity index (χ1n) is 6.02. The van der Waals surface area contributed by atoms with Crippen LogP contribution >= 0.6 is 23.4 Å². The van der Waals surface area contributed by atoms with Crippen LogP contribution in [-0.2, 0) is 6.42 Å². The first-order valence-corrected chi connectivity index (χ1v) is 7.45. The van der Waals surface area contributed by atoms with E-state index in [1.54, 1.807) is 6.33 Å². The molecule has 1 aliphatic rings. The van der Waals surface area contributed by atoms with Crippen molar-refractivity contribution in [2.24, 2.45) is 0 Å². The number of aromatic nitrogens is 2. The molecule has 0 aliphatic carbocycles. The van der Waals surface area contributed by atoms with E-state index in [0.29, 0.717) is 16.4 Å². The van der Waals surface area contributed by atoms with Crippen molar-refractivity contribution in [3.8, 4) is 0 Å². The Balaban J connectivity index is 2.35. The maximum atomic E-state index is 6.15. The van der Waals surface area contributed by atoms with Gasteiger partial charge in [-0.3, -0.25) is 0 Å². The van der Waals surface area contributed by atoms with E-state index in [0.717, 1.165) is 30.1 Å². The molecule has 0 spiro atoms. The van der Waals surface area contributed by atoms with Crippen molar-refractivity contribution in [2.45, 2.75) is 38.5 Å². The van der Waals surface area contributed by atoms with Crippen LogP contribution in [-0.4, -0.2) is 33.6 Å². The van der Waals surface area contributed by atoms with Crippen LogP contribution in [0.25, 0.3) is 0 Å². The van der Waals surface area contributed by atoms with E-state index in [2.05, 4.69) is 35.6 Å². The second kappa shape index (κ2) is 5.44. The van der Waals surface area contributed by atoms with Crippen molar-refractivity contribution in [3.05, 3.63) is 17.0 Å². The van der Waals surface area contributed by atoms with E-state index in [4.69, 9.17) is 11.6 Å². The molecule has 1 aromatic heterocycles. The van der Waals surface area contributed by atoms with Gasteiger partial charge >= 0.3 is 0 Å². The maximum Gasteiger partial charge on any atom is 0.137 e. The Labute approximate surface area is 112 Å². The molecule has 0 radical (unpaired) electrons. The lowest BCUT2D eigenvalue weighted by Crippen LogP contribution is -2.45. The fraction of sp³-hybridized carbons (Fsp3) is 0.667. The molecule has 1 fully saturated rings. The quantitative estimate of drug-likeness (QED) is 0.774. The Morgan fingerprint density at radius 2 is 2.24 bits per heavy atom. The van der Waals surface area contributed by atoms with Crippen molar-refractivity contribution in [2.75, 3.05) is 17.2 Å². The van der Waals surface area contributed by atoms with Gasteiger partial charge in [0.1, 0.15) is 17.3 Å². The lowest BCUT2D eigenvalue weighted by Gasteiger charge is -2.39. The second-order valence-electron chi connectivity index (χ2n) is 4.33. The van der Waals surface area contributed by atoms with Crippen molar-refractivity contribution in [1.82, 2.24) is 9.97 Å². The van der Waals surface area contributed by atoms with Gasteiger partial charge in [-0.1, -0.05) is 25.4 Å². The van der Waals surface area contributed by atoms with Crippen LogP contribution in [0.3, 0.4) is 0 Å². The molecule has 2 atom stereocenters. The zero-order valence-corrected chi connectivity index (χ0v) is 12.1. The number of thioether (sulfide) groups is 1. The van der Waals surface area contributed by atoms with Gasteiger partial charge in [-0.25, -0.2) is 9.97 Å². The first kappa shape index (κ1) is 13.0. The normalized spacial score (nSPS) is 25.1. The highest BCUT2D eigenvalue weighted by atomic mass is 35.5. The van der Waals surface area contributed by atoms with Gasteiger partial charge in [0.05, 0.1) is 0 Å². The highest BCUT2D eigenvalue weighted by Crippen LogP contribution is 2.31. The molecule has 17 heavy (non-hydrogen) atoms. The van der Waals surface area contributed by atoms with Gasteiger partial charge in [-0.2, -0.15) is 11.8 Å². The van der Waals surface area contributed by atoms with E-state index in [1.165, 1.54) is 0 Å². The number of hydrogen-bond donors (Lipinski definition) is 0. The van der Waals surface area contributed by atoms with Crippen LogP contribution < -0.4 is 4.90 Å². The van der Waals surface area contributed by atoms with Crippen molar-refractivity contribution in [1.29, 1.82) is 0 Å². The summed E-state index contributed by atoms with van der Waals surface area (Å²) in [5.74, 6) is 2.17. The standard InChI is InChI=1S/C12H18ClN3S/c1-4-10-11(13)14-7-15-12(10)16-5-6-17-9(3)8(16)2/h7-9H,4-6H2,1-3H3. The molecule has 0 aromatic carbocycles. The average molecular weight is 272 g/mol. The number of rotatable bonds is 2. The molecular weight excluding hydrogens is 254 g/mol. The molecule has 5 heteroatoms. The van der Waals surface area contributed by atoms with E-state index >= 15 is 0 Å². The molecule has 2 heterocycles. The second-order valence-corrected chi connectivity index (χ2v) is 6.17. The monoisotopic (exact) mass is 271 g/mol. The van der Waals surface area contributed by atoms with Gasteiger partial charge in [-0.15, -0.1) is 0 Å². The summed E-state index contributed by atoms with van der Waals surface area (Å²) in [6.45, 7) is 7.67. The van der Waals surface area contributed by atoms with Gasteiger partial charge in [0.15, 0.2) is 0 Å². The molecule has 2 rings (SSSR count). The molecule has 94 valence electrons. The summed E-state index contributed by atoms with van der Waals surface area (Å²) in [5.41, 5.74) is 1.07. The summed E-state index contributed by atoms with van der Waals surface area (Å²) in [6, 6.07) is 0.491. The Morgan fingerprint density at radius 1 is 1.47 bits per heavy atom. The highest BCUT2D eigenvalue weighted by molar-refractivity contribution is 8.00.